The number of non-ortho nitro benzene ring substituents is 1. The Hall–Kier alpha value is -3.88. The largest absolute Gasteiger partial charge is 0.292 e. The molecule has 4 atom stereocenters. The molecule has 0 radical (unpaired) electrons. The Kier molecular flexibility index (Phi) is 5.03. The van der Waals surface area contributed by atoms with Crippen LogP contribution < -0.4 is 0 Å². The number of carbonyl (C=O) groups excluding carboxylic acids is 4. The van der Waals surface area contributed by atoms with E-state index in [9.17, 15) is 29.3 Å². The molecule has 2 bridgehead atoms. The van der Waals surface area contributed by atoms with E-state index in [0.29, 0.717) is 5.56 Å². The normalized spacial score (nSPS) is 25.3. The summed E-state index contributed by atoms with van der Waals surface area (Å²) in [5, 5.41) is 12.7. The van der Waals surface area contributed by atoms with E-state index >= 15 is 0 Å². The molecular weight excluding hydrogens is 426 g/mol. The quantitative estimate of drug-likeness (QED) is 0.291. The van der Waals surface area contributed by atoms with Gasteiger partial charge in [0.15, 0.2) is 5.78 Å². The molecule has 2 aromatic carbocycles. The van der Waals surface area contributed by atoms with Crippen molar-refractivity contribution >= 4 is 29.2 Å². The fourth-order valence-electron chi connectivity index (χ4n) is 5.59. The molecule has 1 heterocycles. The monoisotopic (exact) mass is 447 g/mol. The molecule has 1 aliphatic heterocycles. The van der Waals surface area contributed by atoms with E-state index in [4.69, 9.17) is 0 Å². The molecule has 33 heavy (non-hydrogen) atoms. The van der Waals surface area contributed by atoms with Crippen molar-refractivity contribution in [2.45, 2.75) is 19.3 Å². The molecule has 3 aliphatic rings. The standard InChI is InChI=1S/C24H21N3O6/c28-19(14-4-2-1-3-5-14)13-25(22(29)15-8-10-18(11-9-15)27(32)33)26-23(30)20-16-6-7-17(12-16)21(20)24(26)31/h1-5,8-11,16-17,20-21H,6-7,12-13H2/t16-,17-,20+,21+/m0/s1. The van der Waals surface area contributed by atoms with E-state index < -0.39 is 46.8 Å². The number of fused-ring (bicyclic) bond motifs is 5. The second kappa shape index (κ2) is 7.91. The number of rotatable bonds is 6. The van der Waals surface area contributed by atoms with Gasteiger partial charge in [-0.25, -0.2) is 5.01 Å². The second-order valence-electron chi connectivity index (χ2n) is 8.83. The minimum atomic E-state index is -0.733. The molecular formula is C24H21N3O6. The smallest absolute Gasteiger partial charge is 0.273 e. The lowest BCUT2D eigenvalue weighted by Gasteiger charge is -2.30. The maximum Gasteiger partial charge on any atom is 0.273 e. The van der Waals surface area contributed by atoms with Crippen molar-refractivity contribution in [2.24, 2.45) is 23.7 Å². The highest BCUT2D eigenvalue weighted by atomic mass is 16.6. The Balaban J connectivity index is 1.49. The molecule has 3 amide bonds. The lowest BCUT2D eigenvalue weighted by atomic mass is 9.81. The summed E-state index contributed by atoms with van der Waals surface area (Å²) in [5.74, 6) is -2.67. The van der Waals surface area contributed by atoms with Crippen LogP contribution in [0.2, 0.25) is 0 Å². The van der Waals surface area contributed by atoms with Crippen LogP contribution in [0.4, 0.5) is 5.69 Å². The fraction of sp³-hybridized carbons (Fsp3) is 0.333. The van der Waals surface area contributed by atoms with Crippen molar-refractivity contribution in [3.63, 3.8) is 0 Å². The number of ketones is 1. The van der Waals surface area contributed by atoms with Crippen molar-refractivity contribution in [2.75, 3.05) is 6.54 Å². The molecule has 168 valence electrons. The van der Waals surface area contributed by atoms with E-state index in [1.54, 1.807) is 30.3 Å². The maximum atomic E-state index is 13.4. The van der Waals surface area contributed by atoms with Gasteiger partial charge in [0.2, 0.25) is 0 Å². The summed E-state index contributed by atoms with van der Waals surface area (Å²) >= 11 is 0. The lowest BCUT2D eigenvalue weighted by Crippen LogP contribution is -2.52. The fourth-order valence-corrected chi connectivity index (χ4v) is 5.59. The van der Waals surface area contributed by atoms with Gasteiger partial charge >= 0.3 is 0 Å². The van der Waals surface area contributed by atoms with Crippen LogP contribution in [0.3, 0.4) is 0 Å². The predicted molar refractivity (Wildman–Crippen MR) is 115 cm³/mol. The minimum absolute atomic E-state index is 0.0436. The average molecular weight is 447 g/mol. The molecule has 2 aliphatic carbocycles. The van der Waals surface area contributed by atoms with Crippen LogP contribution in [-0.2, 0) is 9.59 Å². The highest BCUT2D eigenvalue weighted by Gasteiger charge is 2.62. The molecule has 2 saturated carbocycles. The maximum absolute atomic E-state index is 13.4. The summed E-state index contributed by atoms with van der Waals surface area (Å²) in [5.41, 5.74) is 0.193. The molecule has 1 saturated heterocycles. The summed E-state index contributed by atoms with van der Waals surface area (Å²) in [4.78, 5) is 63.4. The van der Waals surface area contributed by atoms with Crippen LogP contribution >= 0.6 is 0 Å². The van der Waals surface area contributed by atoms with Crippen molar-refractivity contribution < 1.29 is 24.1 Å². The topological polar surface area (TPSA) is 118 Å². The number of nitrogens with zero attached hydrogens (tertiary/aromatic N) is 3. The van der Waals surface area contributed by atoms with Crippen molar-refractivity contribution in [1.82, 2.24) is 10.0 Å². The number of hydrogen-bond acceptors (Lipinski definition) is 6. The third-order valence-electron chi connectivity index (χ3n) is 7.09. The highest BCUT2D eigenvalue weighted by molar-refractivity contribution is 6.10. The average Bonchev–Trinajstić information content (AvgIpc) is 3.51. The molecule has 0 N–H and O–H groups in total. The molecule has 9 nitrogen and oxygen atoms in total. The van der Waals surface area contributed by atoms with Gasteiger partial charge in [-0.05, 0) is 43.2 Å². The molecule has 3 fully saturated rings. The van der Waals surface area contributed by atoms with Crippen molar-refractivity contribution in [3.05, 3.63) is 75.8 Å². The van der Waals surface area contributed by atoms with Crippen LogP contribution in [0.15, 0.2) is 54.6 Å². The summed E-state index contributed by atoms with van der Waals surface area (Å²) < 4.78 is 0. The van der Waals surface area contributed by atoms with Gasteiger partial charge in [-0.3, -0.25) is 29.3 Å². The predicted octanol–water partition coefficient (Wildman–Crippen LogP) is 2.87. The van der Waals surface area contributed by atoms with E-state index in [1.807, 2.05) is 0 Å². The Labute approximate surface area is 189 Å². The second-order valence-corrected chi connectivity index (χ2v) is 8.83. The number of nitro benzene ring substituents is 1. The van der Waals surface area contributed by atoms with E-state index in [1.165, 1.54) is 24.3 Å². The Morgan fingerprint density at radius 3 is 2.03 bits per heavy atom. The molecule has 0 spiro atoms. The van der Waals surface area contributed by atoms with Gasteiger partial charge in [0.05, 0.1) is 16.8 Å². The summed E-state index contributed by atoms with van der Waals surface area (Å²) in [6.07, 6.45) is 2.62. The van der Waals surface area contributed by atoms with Gasteiger partial charge in [-0.1, -0.05) is 30.3 Å². The van der Waals surface area contributed by atoms with E-state index in [0.717, 1.165) is 29.3 Å². The first-order chi connectivity index (χ1) is 15.9. The minimum Gasteiger partial charge on any atom is -0.292 e. The van der Waals surface area contributed by atoms with E-state index in [-0.39, 0.29) is 23.1 Å². The zero-order valence-electron chi connectivity index (χ0n) is 17.6. The number of amides is 3. The van der Waals surface area contributed by atoms with Crippen LogP contribution in [0.25, 0.3) is 0 Å². The van der Waals surface area contributed by atoms with Crippen LogP contribution in [0.5, 0.6) is 0 Å². The third kappa shape index (κ3) is 3.40. The SMILES string of the molecule is O=C(CN(C(=O)c1ccc([N+](=O)[O-])cc1)N1C(=O)[C@@H]2[C@H]3CC[C@@H](C3)[C@H]2C1=O)c1ccccc1. The van der Waals surface area contributed by atoms with Crippen LogP contribution in [-0.4, -0.2) is 45.0 Å². The zero-order chi connectivity index (χ0) is 23.3. The first kappa shape index (κ1) is 21.0. The number of benzene rings is 2. The molecule has 5 rings (SSSR count). The Bertz CT molecular complexity index is 1130. The van der Waals surface area contributed by atoms with Gasteiger partial charge in [0.1, 0.15) is 6.54 Å². The van der Waals surface area contributed by atoms with Gasteiger partial charge < -0.3 is 0 Å². The number of imide groups is 1. The number of carbonyl (C=O) groups is 4. The van der Waals surface area contributed by atoms with Crippen LogP contribution in [0, 0.1) is 33.8 Å². The van der Waals surface area contributed by atoms with Crippen molar-refractivity contribution in [3.8, 4) is 0 Å². The van der Waals surface area contributed by atoms with Gasteiger partial charge in [-0.2, -0.15) is 5.01 Å². The number of nitro groups is 1. The summed E-state index contributed by atoms with van der Waals surface area (Å²) in [7, 11) is 0. The first-order valence-electron chi connectivity index (χ1n) is 10.9. The molecule has 0 aromatic heterocycles. The first-order valence-corrected chi connectivity index (χ1v) is 10.9. The van der Waals surface area contributed by atoms with Gasteiger partial charge in [-0.15, -0.1) is 0 Å². The Morgan fingerprint density at radius 2 is 1.48 bits per heavy atom. The molecule has 2 aromatic rings. The third-order valence-corrected chi connectivity index (χ3v) is 7.09. The Morgan fingerprint density at radius 1 is 0.909 bits per heavy atom. The number of hydrogen-bond donors (Lipinski definition) is 0. The molecule has 9 heteroatoms. The number of Topliss-reactive ketones (excluding diaryl/α,β-unsaturated/α-hetero) is 1. The highest BCUT2D eigenvalue weighted by Crippen LogP contribution is 2.56. The summed E-state index contributed by atoms with van der Waals surface area (Å²) in [6.45, 7) is -0.494. The van der Waals surface area contributed by atoms with Gasteiger partial charge in [0, 0.05) is 23.3 Å². The summed E-state index contributed by atoms with van der Waals surface area (Å²) in [6, 6.07) is 13.2. The number of hydrazine groups is 1. The van der Waals surface area contributed by atoms with Crippen LogP contribution in [0.1, 0.15) is 40.0 Å². The zero-order valence-corrected chi connectivity index (χ0v) is 17.6. The van der Waals surface area contributed by atoms with Gasteiger partial charge in [0.25, 0.3) is 23.4 Å². The lowest BCUT2D eigenvalue weighted by molar-refractivity contribution is -0.384. The molecule has 0 unspecified atom stereocenters. The van der Waals surface area contributed by atoms with E-state index in [2.05, 4.69) is 0 Å². The van der Waals surface area contributed by atoms with Crippen molar-refractivity contribution in [1.29, 1.82) is 0 Å².